The molecule has 32 heavy (non-hydrogen) atoms. The Balaban J connectivity index is 1.65. The molecule has 0 saturated heterocycles. The van der Waals surface area contributed by atoms with Gasteiger partial charge in [-0.15, -0.1) is 0 Å². The average molecular weight is 521 g/mol. The van der Waals surface area contributed by atoms with E-state index in [0.717, 1.165) is 12.8 Å². The van der Waals surface area contributed by atoms with Gasteiger partial charge in [0.1, 0.15) is 6.10 Å². The molecule has 0 aliphatic heterocycles. The van der Waals surface area contributed by atoms with Crippen LogP contribution in [0.15, 0.2) is 28.7 Å². The minimum atomic E-state index is -4.63. The van der Waals surface area contributed by atoms with Crippen molar-refractivity contribution in [1.82, 2.24) is 15.1 Å². The molecule has 2 aromatic rings. The van der Waals surface area contributed by atoms with Crippen molar-refractivity contribution >= 4 is 27.5 Å². The highest BCUT2D eigenvalue weighted by Crippen LogP contribution is 2.47. The monoisotopic (exact) mass is 520 g/mol. The van der Waals surface area contributed by atoms with Gasteiger partial charge in [-0.1, -0.05) is 0 Å². The summed E-state index contributed by atoms with van der Waals surface area (Å²) in [6.45, 7) is -0.735. The Morgan fingerprint density at radius 1 is 1.34 bits per heavy atom. The molecule has 1 fully saturated rings. The Labute approximate surface area is 188 Å². The molecule has 1 aromatic carbocycles. The predicted octanol–water partition coefficient (Wildman–Crippen LogP) is 3.05. The lowest BCUT2D eigenvalue weighted by Gasteiger charge is -2.22. The van der Waals surface area contributed by atoms with Crippen LogP contribution in [0.25, 0.3) is 0 Å². The minimum Gasteiger partial charge on any atom is -0.394 e. The van der Waals surface area contributed by atoms with E-state index in [1.165, 1.54) is 28.9 Å². The van der Waals surface area contributed by atoms with Gasteiger partial charge < -0.3 is 15.5 Å². The molecular formula is C19H20BrF3N4O5. The number of aliphatic hydroxyl groups is 2. The lowest BCUT2D eigenvalue weighted by Crippen LogP contribution is -2.42. The van der Waals surface area contributed by atoms with Gasteiger partial charge in [-0.25, -0.2) is 0 Å². The zero-order valence-electron chi connectivity index (χ0n) is 16.5. The Morgan fingerprint density at radius 2 is 1.97 bits per heavy atom. The molecule has 0 bridgehead atoms. The number of aromatic nitrogens is 2. The van der Waals surface area contributed by atoms with E-state index in [1.54, 1.807) is 0 Å². The molecule has 1 aliphatic carbocycles. The van der Waals surface area contributed by atoms with E-state index in [-0.39, 0.29) is 34.6 Å². The first-order valence-corrected chi connectivity index (χ1v) is 10.5. The van der Waals surface area contributed by atoms with E-state index in [1.807, 2.05) is 0 Å². The van der Waals surface area contributed by atoms with Gasteiger partial charge in [-0.05, 0) is 46.5 Å². The summed E-state index contributed by atoms with van der Waals surface area (Å²) in [4.78, 5) is 22.5. The molecule has 0 spiro atoms. The van der Waals surface area contributed by atoms with Crippen molar-refractivity contribution in [3.8, 4) is 0 Å². The number of aryl methyl sites for hydroxylation is 1. The third kappa shape index (κ3) is 5.45. The van der Waals surface area contributed by atoms with E-state index in [0.29, 0.717) is 5.69 Å². The summed E-state index contributed by atoms with van der Waals surface area (Å²) in [6.07, 6.45) is -4.73. The van der Waals surface area contributed by atoms with Gasteiger partial charge in [0.05, 0.1) is 34.3 Å². The van der Waals surface area contributed by atoms with Crippen LogP contribution in [-0.2, 0) is 17.5 Å². The van der Waals surface area contributed by atoms with Crippen molar-refractivity contribution in [2.45, 2.75) is 50.0 Å². The molecule has 1 saturated carbocycles. The number of hydrogen-bond donors (Lipinski definition) is 3. The summed E-state index contributed by atoms with van der Waals surface area (Å²) in [7, 11) is 0. The average Bonchev–Trinajstić information content (AvgIpc) is 3.51. The summed E-state index contributed by atoms with van der Waals surface area (Å²) in [5.74, 6) is -0.655. The molecule has 2 atom stereocenters. The van der Waals surface area contributed by atoms with Crippen LogP contribution in [0.4, 0.5) is 18.9 Å². The van der Waals surface area contributed by atoms with Gasteiger partial charge in [0, 0.05) is 24.5 Å². The first-order chi connectivity index (χ1) is 15.0. The third-order valence-corrected chi connectivity index (χ3v) is 5.87. The van der Waals surface area contributed by atoms with Crippen molar-refractivity contribution in [2.75, 3.05) is 6.61 Å². The summed E-state index contributed by atoms with van der Waals surface area (Å²) in [6, 6.07) is 3.87. The zero-order chi connectivity index (χ0) is 23.6. The SMILES string of the molecule is O=C(CCn1nc(C(F)(F)F)c(Br)c1C1CC1)NC(CO)C(O)c1ccc([N+](=O)[O-])cc1. The van der Waals surface area contributed by atoms with Crippen molar-refractivity contribution in [1.29, 1.82) is 0 Å². The lowest BCUT2D eigenvalue weighted by molar-refractivity contribution is -0.384. The third-order valence-electron chi connectivity index (χ3n) is 5.08. The summed E-state index contributed by atoms with van der Waals surface area (Å²) < 4.78 is 40.6. The number of alkyl halides is 3. The molecule has 1 aliphatic rings. The van der Waals surface area contributed by atoms with E-state index >= 15 is 0 Å². The second-order valence-corrected chi connectivity index (χ2v) is 8.24. The molecule has 13 heteroatoms. The maximum atomic E-state index is 13.2. The van der Waals surface area contributed by atoms with Gasteiger partial charge in [0.15, 0.2) is 5.69 Å². The fraction of sp³-hybridized carbons (Fsp3) is 0.474. The Hall–Kier alpha value is -2.51. The first kappa shape index (κ1) is 24.1. The van der Waals surface area contributed by atoms with Gasteiger partial charge >= 0.3 is 6.18 Å². The van der Waals surface area contributed by atoms with Crippen LogP contribution in [0.1, 0.15) is 48.2 Å². The highest BCUT2D eigenvalue weighted by molar-refractivity contribution is 9.10. The zero-order valence-corrected chi connectivity index (χ0v) is 18.1. The lowest BCUT2D eigenvalue weighted by atomic mass is 10.0. The number of nitro groups is 1. The molecule has 1 aromatic heterocycles. The molecule has 3 rings (SSSR count). The van der Waals surface area contributed by atoms with Gasteiger partial charge in [0.25, 0.3) is 5.69 Å². The van der Waals surface area contributed by atoms with Crippen molar-refractivity contribution in [3.05, 3.63) is 55.8 Å². The van der Waals surface area contributed by atoms with E-state index in [2.05, 4.69) is 26.3 Å². The van der Waals surface area contributed by atoms with Crippen LogP contribution in [0.2, 0.25) is 0 Å². The Kier molecular flexibility index (Phi) is 7.20. The smallest absolute Gasteiger partial charge is 0.394 e. The van der Waals surface area contributed by atoms with Crippen molar-refractivity contribution < 1.29 is 33.1 Å². The van der Waals surface area contributed by atoms with Crippen LogP contribution in [-0.4, -0.2) is 43.5 Å². The number of nitro benzene ring substituents is 1. The minimum absolute atomic E-state index is 0.0508. The molecule has 9 nitrogen and oxygen atoms in total. The number of amides is 1. The van der Waals surface area contributed by atoms with Gasteiger partial charge in [-0.3, -0.25) is 19.6 Å². The number of halogens is 4. The molecule has 3 N–H and O–H groups in total. The maximum absolute atomic E-state index is 13.2. The highest BCUT2D eigenvalue weighted by atomic mass is 79.9. The molecular weight excluding hydrogens is 501 g/mol. The normalized spacial score (nSPS) is 15.9. The van der Waals surface area contributed by atoms with Crippen LogP contribution < -0.4 is 5.32 Å². The molecule has 2 unspecified atom stereocenters. The largest absolute Gasteiger partial charge is 0.436 e. The summed E-state index contributed by atoms with van der Waals surface area (Å²) in [5.41, 5.74) is -0.575. The van der Waals surface area contributed by atoms with Crippen LogP contribution >= 0.6 is 15.9 Å². The van der Waals surface area contributed by atoms with Crippen molar-refractivity contribution in [2.24, 2.45) is 0 Å². The highest BCUT2D eigenvalue weighted by Gasteiger charge is 2.41. The number of benzene rings is 1. The van der Waals surface area contributed by atoms with E-state index < -0.39 is 41.5 Å². The quantitative estimate of drug-likeness (QED) is 0.344. The molecule has 1 amide bonds. The van der Waals surface area contributed by atoms with E-state index in [9.17, 15) is 38.3 Å². The number of non-ortho nitro benzene ring substituents is 1. The van der Waals surface area contributed by atoms with Crippen molar-refractivity contribution in [3.63, 3.8) is 0 Å². The number of nitrogens with one attached hydrogen (secondary N) is 1. The Morgan fingerprint density at radius 3 is 2.47 bits per heavy atom. The summed E-state index contributed by atoms with van der Waals surface area (Å²) >= 11 is 2.98. The second-order valence-electron chi connectivity index (χ2n) is 7.44. The molecule has 174 valence electrons. The number of rotatable bonds is 9. The standard InChI is InChI=1S/C19H20BrF3N4O5/c20-15-16(10-1-2-10)26(25-18(15)19(21,22)23)8-7-14(29)24-13(9-28)17(30)11-3-5-12(6-4-11)27(31)32/h3-6,10,13,17,28,30H,1-2,7-9H2,(H,24,29). The van der Waals surface area contributed by atoms with Gasteiger partial charge in [-0.2, -0.15) is 18.3 Å². The maximum Gasteiger partial charge on any atom is 0.436 e. The van der Waals surface area contributed by atoms with Crippen LogP contribution in [0.3, 0.4) is 0 Å². The fourth-order valence-electron chi connectivity index (χ4n) is 3.29. The molecule has 0 radical (unpaired) electrons. The first-order valence-electron chi connectivity index (χ1n) is 9.69. The number of carbonyl (C=O) groups is 1. The number of hydrogen-bond acceptors (Lipinski definition) is 6. The Bertz CT molecular complexity index is 992. The topological polar surface area (TPSA) is 131 Å². The number of nitrogens with zero attached hydrogens (tertiary/aromatic N) is 3. The van der Waals surface area contributed by atoms with E-state index in [4.69, 9.17) is 0 Å². The number of carbonyl (C=O) groups excluding carboxylic acids is 1. The summed E-state index contributed by atoms with van der Waals surface area (Å²) in [5, 5.41) is 36.8. The van der Waals surface area contributed by atoms with Crippen LogP contribution in [0, 0.1) is 10.1 Å². The van der Waals surface area contributed by atoms with Gasteiger partial charge in [0.2, 0.25) is 5.91 Å². The van der Waals surface area contributed by atoms with Crippen LogP contribution in [0.5, 0.6) is 0 Å². The predicted molar refractivity (Wildman–Crippen MR) is 109 cm³/mol. The molecule has 1 heterocycles. The number of aliphatic hydroxyl groups excluding tert-OH is 2. The second kappa shape index (κ2) is 9.55. The fourth-order valence-corrected chi connectivity index (χ4v) is 4.12.